The van der Waals surface area contributed by atoms with Gasteiger partial charge in [0.2, 0.25) is 5.91 Å². The molecule has 112 valence electrons. The van der Waals surface area contributed by atoms with Gasteiger partial charge in [-0.3, -0.25) is 9.59 Å². The van der Waals surface area contributed by atoms with Gasteiger partial charge in [0.15, 0.2) is 0 Å². The molecule has 1 unspecified atom stereocenters. The Labute approximate surface area is 125 Å². The highest BCUT2D eigenvalue weighted by atomic mass is 16.4. The molecule has 4 heteroatoms. The molecule has 0 aromatic heterocycles. The quantitative estimate of drug-likeness (QED) is 0.818. The van der Waals surface area contributed by atoms with Crippen LogP contribution in [0.4, 0.5) is 0 Å². The first-order valence-corrected chi connectivity index (χ1v) is 7.36. The van der Waals surface area contributed by atoms with Gasteiger partial charge in [-0.15, -0.1) is 0 Å². The summed E-state index contributed by atoms with van der Waals surface area (Å²) in [5, 5.41) is 8.87. The molecule has 1 N–H and O–H groups in total. The Morgan fingerprint density at radius 3 is 2.57 bits per heavy atom. The number of allylic oxidation sites excluding steroid dienone is 2. The second kappa shape index (κ2) is 7.62. The number of hydrogen-bond donors (Lipinski definition) is 1. The van der Waals surface area contributed by atoms with Crippen LogP contribution in [0, 0.1) is 5.92 Å². The van der Waals surface area contributed by atoms with E-state index in [0.29, 0.717) is 6.54 Å². The topological polar surface area (TPSA) is 57.6 Å². The van der Waals surface area contributed by atoms with Crippen LogP contribution >= 0.6 is 0 Å². The highest BCUT2D eigenvalue weighted by molar-refractivity contribution is 5.79. The zero-order chi connectivity index (χ0) is 15.1. The van der Waals surface area contributed by atoms with Crippen molar-refractivity contribution in [2.75, 3.05) is 6.54 Å². The third-order valence-corrected chi connectivity index (χ3v) is 3.74. The van der Waals surface area contributed by atoms with E-state index >= 15 is 0 Å². The zero-order valence-corrected chi connectivity index (χ0v) is 12.1. The summed E-state index contributed by atoms with van der Waals surface area (Å²) in [6.07, 6.45) is 6.67. The van der Waals surface area contributed by atoms with E-state index in [1.165, 1.54) is 0 Å². The summed E-state index contributed by atoms with van der Waals surface area (Å²) in [5.41, 5.74) is 1.03. The fourth-order valence-electron chi connectivity index (χ4n) is 2.58. The second-order valence-electron chi connectivity index (χ2n) is 5.37. The lowest BCUT2D eigenvalue weighted by atomic mass is 9.93. The largest absolute Gasteiger partial charge is 0.481 e. The van der Waals surface area contributed by atoms with E-state index in [0.717, 1.165) is 24.8 Å². The smallest absolute Gasteiger partial charge is 0.305 e. The van der Waals surface area contributed by atoms with Gasteiger partial charge in [0.25, 0.3) is 0 Å². The summed E-state index contributed by atoms with van der Waals surface area (Å²) < 4.78 is 0. The molecule has 0 aliphatic heterocycles. The van der Waals surface area contributed by atoms with Crippen molar-refractivity contribution in [1.29, 1.82) is 0 Å². The predicted octanol–water partition coefficient (Wildman–Crippen LogP) is 2.85. The van der Waals surface area contributed by atoms with Crippen molar-refractivity contribution in [2.24, 2.45) is 5.92 Å². The molecular weight excluding hydrogens is 266 g/mol. The molecule has 0 saturated carbocycles. The van der Waals surface area contributed by atoms with Crippen LogP contribution < -0.4 is 0 Å². The number of nitrogens with zero attached hydrogens (tertiary/aromatic N) is 1. The normalized spacial score (nSPS) is 17.4. The molecular formula is C17H21NO3. The third-order valence-electron chi connectivity index (χ3n) is 3.74. The van der Waals surface area contributed by atoms with E-state index in [-0.39, 0.29) is 24.8 Å². The summed E-state index contributed by atoms with van der Waals surface area (Å²) in [6, 6.07) is 9.71. The van der Waals surface area contributed by atoms with Gasteiger partial charge < -0.3 is 10.0 Å². The first kappa shape index (κ1) is 15.3. The number of carbonyl (C=O) groups is 2. The lowest BCUT2D eigenvalue weighted by molar-refractivity contribution is -0.140. The fraction of sp³-hybridized carbons (Fsp3) is 0.412. The van der Waals surface area contributed by atoms with Gasteiger partial charge in [-0.25, -0.2) is 0 Å². The van der Waals surface area contributed by atoms with Crippen molar-refractivity contribution >= 4 is 11.9 Å². The lowest BCUT2D eigenvalue weighted by Crippen LogP contribution is -2.37. The fourth-order valence-corrected chi connectivity index (χ4v) is 2.58. The van der Waals surface area contributed by atoms with E-state index in [1.807, 2.05) is 36.4 Å². The van der Waals surface area contributed by atoms with Gasteiger partial charge in [0, 0.05) is 19.0 Å². The van der Waals surface area contributed by atoms with Gasteiger partial charge in [0.05, 0.1) is 6.42 Å². The van der Waals surface area contributed by atoms with Crippen molar-refractivity contribution in [3.63, 3.8) is 0 Å². The molecule has 0 fully saturated rings. The molecule has 0 radical (unpaired) electrons. The van der Waals surface area contributed by atoms with Crippen LogP contribution in [-0.4, -0.2) is 28.4 Å². The number of amides is 1. The van der Waals surface area contributed by atoms with E-state index in [4.69, 9.17) is 5.11 Å². The Balaban J connectivity index is 2.05. The maximum atomic E-state index is 12.6. The first-order chi connectivity index (χ1) is 10.2. The molecule has 1 aliphatic rings. The molecule has 0 heterocycles. The maximum absolute atomic E-state index is 12.6. The van der Waals surface area contributed by atoms with Crippen molar-refractivity contribution in [3.8, 4) is 0 Å². The van der Waals surface area contributed by atoms with Crippen molar-refractivity contribution in [1.82, 2.24) is 4.90 Å². The molecule has 1 aromatic carbocycles. The average Bonchev–Trinajstić information content (AvgIpc) is 2.52. The Hall–Kier alpha value is -2.10. The van der Waals surface area contributed by atoms with E-state index in [9.17, 15) is 9.59 Å². The Bertz CT molecular complexity index is 510. The molecule has 0 bridgehead atoms. The highest BCUT2D eigenvalue weighted by Gasteiger charge is 2.24. The van der Waals surface area contributed by atoms with Gasteiger partial charge in [0.1, 0.15) is 0 Å². The van der Waals surface area contributed by atoms with Gasteiger partial charge in [-0.1, -0.05) is 42.5 Å². The number of carboxylic acid groups (broad SMARTS) is 1. The number of benzene rings is 1. The molecule has 4 nitrogen and oxygen atoms in total. The summed E-state index contributed by atoms with van der Waals surface area (Å²) in [6.45, 7) is 0.746. The average molecular weight is 287 g/mol. The zero-order valence-electron chi connectivity index (χ0n) is 12.1. The van der Waals surface area contributed by atoms with Crippen molar-refractivity contribution in [2.45, 2.75) is 32.2 Å². The SMILES string of the molecule is O=C(O)CCN(Cc1ccccc1)C(=O)C1CC=CCC1. The molecule has 1 atom stereocenters. The second-order valence-corrected chi connectivity index (χ2v) is 5.37. The molecule has 1 aromatic rings. The minimum atomic E-state index is -0.871. The highest BCUT2D eigenvalue weighted by Crippen LogP contribution is 2.21. The molecule has 2 rings (SSSR count). The molecule has 1 amide bonds. The summed E-state index contributed by atoms with van der Waals surface area (Å²) in [5.74, 6) is -0.804. The van der Waals surface area contributed by atoms with Crippen LogP contribution in [0.15, 0.2) is 42.5 Å². The predicted molar refractivity (Wildman–Crippen MR) is 80.6 cm³/mol. The molecule has 21 heavy (non-hydrogen) atoms. The molecule has 0 saturated heterocycles. The number of carboxylic acids is 1. The number of rotatable bonds is 6. The van der Waals surface area contributed by atoms with Crippen LogP contribution in [0.2, 0.25) is 0 Å². The molecule has 1 aliphatic carbocycles. The van der Waals surface area contributed by atoms with Crippen LogP contribution in [0.1, 0.15) is 31.2 Å². The number of hydrogen-bond acceptors (Lipinski definition) is 2. The molecule has 0 spiro atoms. The Kier molecular flexibility index (Phi) is 5.55. The van der Waals surface area contributed by atoms with Crippen LogP contribution in [0.3, 0.4) is 0 Å². The number of carbonyl (C=O) groups excluding carboxylic acids is 1. The minimum absolute atomic E-state index is 0.00694. The number of aliphatic carboxylic acids is 1. The van der Waals surface area contributed by atoms with Gasteiger partial charge >= 0.3 is 5.97 Å². The van der Waals surface area contributed by atoms with E-state index in [2.05, 4.69) is 6.08 Å². The Morgan fingerprint density at radius 2 is 1.95 bits per heavy atom. The minimum Gasteiger partial charge on any atom is -0.481 e. The van der Waals surface area contributed by atoms with Crippen molar-refractivity contribution < 1.29 is 14.7 Å². The van der Waals surface area contributed by atoms with E-state index < -0.39 is 5.97 Å². The third kappa shape index (κ3) is 4.74. The monoisotopic (exact) mass is 287 g/mol. The Morgan fingerprint density at radius 1 is 1.19 bits per heavy atom. The maximum Gasteiger partial charge on any atom is 0.305 e. The standard InChI is InChI=1S/C17H21NO3/c19-16(20)11-12-18(13-14-7-3-1-4-8-14)17(21)15-9-5-2-6-10-15/h1-5,7-8,15H,6,9-13H2,(H,19,20). The van der Waals surface area contributed by atoms with E-state index in [1.54, 1.807) is 4.90 Å². The summed E-state index contributed by atoms with van der Waals surface area (Å²) in [7, 11) is 0. The summed E-state index contributed by atoms with van der Waals surface area (Å²) >= 11 is 0. The van der Waals surface area contributed by atoms with Crippen molar-refractivity contribution in [3.05, 3.63) is 48.0 Å². The van der Waals surface area contributed by atoms with Gasteiger partial charge in [-0.2, -0.15) is 0 Å². The summed E-state index contributed by atoms with van der Waals surface area (Å²) in [4.78, 5) is 25.1. The van der Waals surface area contributed by atoms with Crippen LogP contribution in [-0.2, 0) is 16.1 Å². The first-order valence-electron chi connectivity index (χ1n) is 7.36. The lowest BCUT2D eigenvalue weighted by Gasteiger charge is -2.27. The van der Waals surface area contributed by atoms with Crippen LogP contribution in [0.25, 0.3) is 0 Å². The van der Waals surface area contributed by atoms with Gasteiger partial charge in [-0.05, 0) is 24.8 Å². The van der Waals surface area contributed by atoms with Crippen LogP contribution in [0.5, 0.6) is 0 Å².